The maximum absolute atomic E-state index is 12.5. The van der Waals surface area contributed by atoms with Crippen LogP contribution in [0.4, 0.5) is 13.2 Å². The molecule has 0 saturated carbocycles. The maximum Gasteiger partial charge on any atom is 0.401 e. The van der Waals surface area contributed by atoms with Crippen molar-refractivity contribution in [2.24, 2.45) is 0 Å². The van der Waals surface area contributed by atoms with E-state index in [1.807, 2.05) is 13.8 Å². The van der Waals surface area contributed by atoms with E-state index in [4.69, 9.17) is 5.11 Å². The van der Waals surface area contributed by atoms with Crippen LogP contribution in [0.25, 0.3) is 0 Å². The molecule has 1 rings (SSSR count). The number of Topliss-reactive ketones (excluding diaryl/α,β-unsaturated/α-hetero) is 1. The van der Waals surface area contributed by atoms with Crippen LogP contribution in [0.5, 0.6) is 0 Å². The van der Waals surface area contributed by atoms with Crippen LogP contribution >= 0.6 is 0 Å². The number of ketones is 1. The average Bonchev–Trinajstić information content (AvgIpc) is 2.38. The summed E-state index contributed by atoms with van der Waals surface area (Å²) in [4.78, 5) is 13.3. The lowest BCUT2D eigenvalue weighted by molar-refractivity contribution is -0.149. The van der Waals surface area contributed by atoms with Gasteiger partial charge in [-0.3, -0.25) is 9.69 Å². The molecule has 0 amide bonds. The largest absolute Gasteiger partial charge is 0.401 e. The number of carbonyl (C=O) groups is 1. The molecule has 0 fully saturated rings. The maximum atomic E-state index is 12.5. The molecule has 118 valence electrons. The van der Waals surface area contributed by atoms with Gasteiger partial charge in [0.2, 0.25) is 0 Å². The van der Waals surface area contributed by atoms with E-state index in [1.165, 1.54) is 6.92 Å². The Morgan fingerprint density at radius 3 is 2.38 bits per heavy atom. The summed E-state index contributed by atoms with van der Waals surface area (Å²) in [6.07, 6.45) is -4.41. The van der Waals surface area contributed by atoms with Crippen molar-refractivity contribution in [1.29, 1.82) is 0 Å². The van der Waals surface area contributed by atoms with Crippen molar-refractivity contribution in [3.8, 4) is 0 Å². The van der Waals surface area contributed by atoms with Gasteiger partial charge >= 0.3 is 6.18 Å². The molecule has 0 aliphatic rings. The molecule has 0 radical (unpaired) electrons. The third-order valence-electron chi connectivity index (χ3n) is 3.49. The highest BCUT2D eigenvalue weighted by Crippen LogP contribution is 2.20. The molecule has 1 unspecified atom stereocenters. The van der Waals surface area contributed by atoms with E-state index < -0.39 is 25.4 Å². The number of halogens is 3. The Kier molecular flexibility index (Phi) is 5.92. The molecule has 0 aromatic heterocycles. The highest BCUT2D eigenvalue weighted by Gasteiger charge is 2.34. The predicted octanol–water partition coefficient (Wildman–Crippen LogP) is 2.73. The first-order valence-corrected chi connectivity index (χ1v) is 6.69. The van der Waals surface area contributed by atoms with Crippen LogP contribution in [0.15, 0.2) is 18.2 Å². The van der Waals surface area contributed by atoms with Gasteiger partial charge in [-0.1, -0.05) is 12.1 Å². The summed E-state index contributed by atoms with van der Waals surface area (Å²) in [6.45, 7) is 3.33. The fraction of sp³-hybridized carbons (Fsp3) is 0.533. The molecule has 0 saturated heterocycles. The molecule has 1 N–H and O–H groups in total. The summed E-state index contributed by atoms with van der Waals surface area (Å²) in [5, 5.41) is 8.89. The van der Waals surface area contributed by atoms with Crippen LogP contribution in [0.2, 0.25) is 0 Å². The minimum Gasteiger partial charge on any atom is -0.395 e. The Morgan fingerprint density at radius 1 is 1.29 bits per heavy atom. The van der Waals surface area contributed by atoms with Crippen molar-refractivity contribution in [2.45, 2.75) is 33.0 Å². The number of hydrogen-bond donors (Lipinski definition) is 1. The molecule has 1 atom stereocenters. The van der Waals surface area contributed by atoms with Crippen molar-refractivity contribution < 1.29 is 23.1 Å². The molecule has 3 nitrogen and oxygen atoms in total. The first-order chi connectivity index (χ1) is 9.65. The number of aliphatic hydroxyl groups excluding tert-OH is 1. The van der Waals surface area contributed by atoms with E-state index >= 15 is 0 Å². The van der Waals surface area contributed by atoms with Gasteiger partial charge in [-0.15, -0.1) is 0 Å². The van der Waals surface area contributed by atoms with E-state index in [9.17, 15) is 18.0 Å². The molecule has 1 aromatic rings. The zero-order chi connectivity index (χ0) is 16.2. The number of carbonyl (C=O) groups excluding carboxylic acids is 1. The molecule has 0 bridgehead atoms. The zero-order valence-electron chi connectivity index (χ0n) is 12.4. The van der Waals surface area contributed by atoms with Gasteiger partial charge in [0, 0.05) is 12.1 Å². The van der Waals surface area contributed by atoms with Gasteiger partial charge in [0.05, 0.1) is 19.2 Å². The Morgan fingerprint density at radius 2 is 1.90 bits per heavy atom. The number of aryl methyl sites for hydroxylation is 2. The van der Waals surface area contributed by atoms with Crippen LogP contribution in [0, 0.1) is 13.8 Å². The molecular formula is C15H20F3NO2. The summed E-state index contributed by atoms with van der Waals surface area (Å²) in [5.74, 6) is -0.379. The molecule has 21 heavy (non-hydrogen) atoms. The van der Waals surface area contributed by atoms with E-state index in [1.54, 1.807) is 18.2 Å². The van der Waals surface area contributed by atoms with Gasteiger partial charge in [0.25, 0.3) is 0 Å². The van der Waals surface area contributed by atoms with E-state index in [2.05, 4.69) is 0 Å². The summed E-state index contributed by atoms with van der Waals surface area (Å²) in [6, 6.07) is 4.13. The van der Waals surface area contributed by atoms with Crippen molar-refractivity contribution >= 4 is 5.78 Å². The zero-order valence-corrected chi connectivity index (χ0v) is 12.4. The fourth-order valence-electron chi connectivity index (χ4n) is 2.07. The number of rotatable bonds is 6. The van der Waals surface area contributed by atoms with Gasteiger partial charge in [-0.05, 0) is 38.0 Å². The molecule has 0 aliphatic carbocycles. The molecule has 6 heteroatoms. The lowest BCUT2D eigenvalue weighted by Gasteiger charge is -2.28. The third kappa shape index (κ3) is 5.13. The molecule has 0 spiro atoms. The molecule has 0 aliphatic heterocycles. The highest BCUT2D eigenvalue weighted by molar-refractivity contribution is 6.00. The van der Waals surface area contributed by atoms with Crippen LogP contribution in [-0.2, 0) is 0 Å². The van der Waals surface area contributed by atoms with Crippen LogP contribution in [-0.4, -0.2) is 47.7 Å². The van der Waals surface area contributed by atoms with Crippen LogP contribution < -0.4 is 0 Å². The molecule has 0 heterocycles. The fourth-order valence-corrected chi connectivity index (χ4v) is 2.07. The van der Waals surface area contributed by atoms with Crippen molar-refractivity contribution in [3.05, 3.63) is 34.9 Å². The first kappa shape index (κ1) is 17.7. The van der Waals surface area contributed by atoms with Crippen molar-refractivity contribution in [1.82, 2.24) is 4.90 Å². The van der Waals surface area contributed by atoms with Gasteiger partial charge in [0.1, 0.15) is 0 Å². The standard InChI is InChI=1S/C15H20F3NO2/c1-10-4-5-13(8-11(10)2)14(21)12(3)19(6-7-20)9-15(16,17)18/h4-5,8,12,20H,6-7,9H2,1-3H3. The number of hydrogen-bond acceptors (Lipinski definition) is 3. The smallest absolute Gasteiger partial charge is 0.395 e. The Bertz CT molecular complexity index is 500. The summed E-state index contributed by atoms with van der Waals surface area (Å²) in [7, 11) is 0. The Labute approximate surface area is 122 Å². The lowest BCUT2D eigenvalue weighted by Crippen LogP contribution is -2.45. The second kappa shape index (κ2) is 7.04. The minimum atomic E-state index is -4.41. The van der Waals surface area contributed by atoms with Crippen molar-refractivity contribution in [2.75, 3.05) is 19.7 Å². The second-order valence-electron chi connectivity index (χ2n) is 5.15. The summed E-state index contributed by atoms with van der Waals surface area (Å²) < 4.78 is 37.6. The molecular weight excluding hydrogens is 283 g/mol. The van der Waals surface area contributed by atoms with Gasteiger partial charge in [-0.2, -0.15) is 13.2 Å². The number of nitrogens with zero attached hydrogens (tertiary/aromatic N) is 1. The Balaban J connectivity index is 2.93. The number of aliphatic hydroxyl groups is 1. The normalized spacial score (nSPS) is 13.5. The van der Waals surface area contributed by atoms with E-state index in [-0.39, 0.29) is 12.3 Å². The van der Waals surface area contributed by atoms with Gasteiger partial charge < -0.3 is 5.11 Å². The van der Waals surface area contributed by atoms with Gasteiger partial charge in [-0.25, -0.2) is 0 Å². The predicted molar refractivity (Wildman–Crippen MR) is 74.4 cm³/mol. The first-order valence-electron chi connectivity index (χ1n) is 6.69. The molecule has 1 aromatic carbocycles. The van der Waals surface area contributed by atoms with Gasteiger partial charge in [0.15, 0.2) is 5.78 Å². The summed E-state index contributed by atoms with van der Waals surface area (Å²) in [5.41, 5.74) is 2.31. The summed E-state index contributed by atoms with van der Waals surface area (Å²) >= 11 is 0. The third-order valence-corrected chi connectivity index (χ3v) is 3.49. The number of benzene rings is 1. The van der Waals surface area contributed by atoms with Crippen LogP contribution in [0.1, 0.15) is 28.4 Å². The average molecular weight is 303 g/mol. The van der Waals surface area contributed by atoms with E-state index in [0.717, 1.165) is 16.0 Å². The van der Waals surface area contributed by atoms with Crippen molar-refractivity contribution in [3.63, 3.8) is 0 Å². The monoisotopic (exact) mass is 303 g/mol. The second-order valence-corrected chi connectivity index (χ2v) is 5.15. The quantitative estimate of drug-likeness (QED) is 0.822. The van der Waals surface area contributed by atoms with E-state index in [0.29, 0.717) is 5.56 Å². The highest BCUT2D eigenvalue weighted by atomic mass is 19.4. The van der Waals surface area contributed by atoms with Crippen LogP contribution in [0.3, 0.4) is 0 Å². The topological polar surface area (TPSA) is 40.5 Å². The SMILES string of the molecule is Cc1ccc(C(=O)C(C)N(CCO)CC(F)(F)F)cc1C. The Hall–Kier alpha value is -1.40. The lowest BCUT2D eigenvalue weighted by atomic mass is 9.99. The minimum absolute atomic E-state index is 0.197. The number of alkyl halides is 3.